The molecule has 4 nitrogen and oxygen atoms in total. The fourth-order valence-corrected chi connectivity index (χ4v) is 3.15. The maximum Gasteiger partial charge on any atom is 0.306 e. The average Bonchev–Trinajstić information content (AvgIpc) is 2.33. The Morgan fingerprint density at radius 1 is 0.909 bits per heavy atom. The molecule has 0 heterocycles. The van der Waals surface area contributed by atoms with E-state index in [0.29, 0.717) is 17.4 Å². The zero-order valence-corrected chi connectivity index (χ0v) is 15.2. The van der Waals surface area contributed by atoms with Gasteiger partial charge in [-0.2, -0.15) is 0 Å². The highest BCUT2D eigenvalue weighted by molar-refractivity contribution is 5.68. The number of carboxylic acid groups (broad SMARTS) is 1. The molecule has 0 aromatic rings. The molecule has 0 bridgehead atoms. The van der Waals surface area contributed by atoms with E-state index in [-0.39, 0.29) is 6.42 Å². The molecule has 132 valence electrons. The summed E-state index contributed by atoms with van der Waals surface area (Å²) >= 11 is 0. The summed E-state index contributed by atoms with van der Waals surface area (Å²) in [6.07, 6.45) is 11.5. The number of nitrogens with zero attached hydrogens (tertiary/aromatic N) is 1. The molecule has 0 saturated carbocycles. The third kappa shape index (κ3) is 13.1. The minimum absolute atomic E-state index is 0.153. The van der Waals surface area contributed by atoms with E-state index in [2.05, 4.69) is 6.92 Å². The highest BCUT2D eigenvalue weighted by atomic mass is 16.4. The molecule has 4 heteroatoms. The van der Waals surface area contributed by atoms with E-state index in [9.17, 15) is 9.90 Å². The molecule has 0 saturated heterocycles. The molecule has 0 aliphatic heterocycles. The quantitative estimate of drug-likeness (QED) is 0.378. The van der Waals surface area contributed by atoms with Crippen molar-refractivity contribution in [1.29, 1.82) is 0 Å². The molecule has 0 radical (unpaired) electrons. The van der Waals surface area contributed by atoms with Crippen molar-refractivity contribution in [2.75, 3.05) is 27.7 Å². The van der Waals surface area contributed by atoms with Crippen LogP contribution in [-0.2, 0) is 4.79 Å². The van der Waals surface area contributed by atoms with E-state index in [4.69, 9.17) is 5.11 Å². The van der Waals surface area contributed by atoms with Crippen LogP contribution in [0, 0.1) is 0 Å². The van der Waals surface area contributed by atoms with Gasteiger partial charge in [-0.15, -0.1) is 0 Å². The van der Waals surface area contributed by atoms with Gasteiger partial charge in [0.05, 0.1) is 27.6 Å². The van der Waals surface area contributed by atoms with Gasteiger partial charge in [-0.05, 0) is 6.42 Å². The SMILES string of the molecule is CCCCCCCCCCC[C@@](O)(CC(=O)O)C[N+](C)(C)C. The second-order valence-electron chi connectivity index (χ2n) is 7.82. The smallest absolute Gasteiger partial charge is 0.306 e. The summed E-state index contributed by atoms with van der Waals surface area (Å²) in [4.78, 5) is 11.0. The molecule has 0 amide bonds. The van der Waals surface area contributed by atoms with Crippen molar-refractivity contribution >= 4 is 5.97 Å². The first-order valence-electron chi connectivity index (χ1n) is 8.93. The lowest BCUT2D eigenvalue weighted by atomic mass is 9.91. The Hall–Kier alpha value is -0.610. The van der Waals surface area contributed by atoms with Crippen LogP contribution in [0.4, 0.5) is 0 Å². The van der Waals surface area contributed by atoms with Crippen LogP contribution in [0.1, 0.15) is 77.6 Å². The normalized spacial score (nSPS) is 14.8. The van der Waals surface area contributed by atoms with Crippen molar-refractivity contribution in [3.8, 4) is 0 Å². The van der Waals surface area contributed by atoms with Crippen molar-refractivity contribution in [3.63, 3.8) is 0 Å². The highest BCUT2D eigenvalue weighted by Gasteiger charge is 2.35. The predicted octanol–water partition coefficient (Wildman–Crippen LogP) is 3.82. The first-order valence-corrected chi connectivity index (χ1v) is 8.93. The fourth-order valence-electron chi connectivity index (χ4n) is 3.15. The van der Waals surface area contributed by atoms with Crippen LogP contribution in [0.15, 0.2) is 0 Å². The van der Waals surface area contributed by atoms with Crippen LogP contribution in [0.2, 0.25) is 0 Å². The van der Waals surface area contributed by atoms with Gasteiger partial charge in [0.2, 0.25) is 0 Å². The molecule has 0 unspecified atom stereocenters. The fraction of sp³-hybridized carbons (Fsp3) is 0.944. The van der Waals surface area contributed by atoms with E-state index in [0.717, 1.165) is 12.8 Å². The van der Waals surface area contributed by atoms with E-state index in [1.54, 1.807) is 0 Å². The molecular weight excluding hydrogens is 278 g/mol. The minimum atomic E-state index is -1.08. The first-order chi connectivity index (χ1) is 10.2. The number of quaternary nitrogens is 1. The standard InChI is InChI=1S/C18H37NO3/c1-5-6-7-8-9-10-11-12-13-14-18(22,15-17(20)21)16-19(2,3)4/h22H,5-16H2,1-4H3/p+1/t18-/m1/s1. The molecule has 0 aromatic carbocycles. The van der Waals surface area contributed by atoms with Gasteiger partial charge in [0.25, 0.3) is 0 Å². The minimum Gasteiger partial charge on any atom is -0.481 e. The number of aliphatic hydroxyl groups is 1. The number of unbranched alkanes of at least 4 members (excludes halogenated alkanes) is 8. The summed E-state index contributed by atoms with van der Waals surface area (Å²) in [5.41, 5.74) is -1.08. The van der Waals surface area contributed by atoms with Gasteiger partial charge in [0.15, 0.2) is 0 Å². The van der Waals surface area contributed by atoms with Crippen LogP contribution in [0.3, 0.4) is 0 Å². The second kappa shape index (κ2) is 11.0. The second-order valence-corrected chi connectivity index (χ2v) is 7.82. The summed E-state index contributed by atoms with van der Waals surface area (Å²) in [6, 6.07) is 0. The molecule has 0 aliphatic carbocycles. The molecular formula is C18H38NO3+. The van der Waals surface area contributed by atoms with Crippen molar-refractivity contribution < 1.29 is 19.5 Å². The van der Waals surface area contributed by atoms with Crippen molar-refractivity contribution in [2.24, 2.45) is 0 Å². The number of hydrogen-bond donors (Lipinski definition) is 2. The number of rotatable bonds is 14. The van der Waals surface area contributed by atoms with E-state index in [1.807, 2.05) is 21.1 Å². The van der Waals surface area contributed by atoms with Crippen molar-refractivity contribution in [2.45, 2.75) is 83.2 Å². The Bertz CT molecular complexity index is 299. The number of aliphatic carboxylic acids is 1. The lowest BCUT2D eigenvalue weighted by Crippen LogP contribution is -2.50. The van der Waals surface area contributed by atoms with Gasteiger partial charge < -0.3 is 14.7 Å². The van der Waals surface area contributed by atoms with Gasteiger partial charge in [-0.25, -0.2) is 0 Å². The lowest BCUT2D eigenvalue weighted by molar-refractivity contribution is -0.877. The van der Waals surface area contributed by atoms with Crippen LogP contribution in [0.25, 0.3) is 0 Å². The zero-order chi connectivity index (χ0) is 17.1. The molecule has 22 heavy (non-hydrogen) atoms. The molecule has 2 N–H and O–H groups in total. The first kappa shape index (κ1) is 21.4. The monoisotopic (exact) mass is 316 g/mol. The summed E-state index contributed by atoms with van der Waals surface area (Å²) in [6.45, 7) is 2.71. The molecule has 0 aliphatic rings. The van der Waals surface area contributed by atoms with Crippen molar-refractivity contribution in [3.05, 3.63) is 0 Å². The Labute approximate surface area is 137 Å². The maximum atomic E-state index is 11.0. The molecule has 1 atom stereocenters. The van der Waals surface area contributed by atoms with Gasteiger partial charge in [0, 0.05) is 0 Å². The number of likely N-dealkylation sites (N-methyl/N-ethyl adjacent to an activating group) is 1. The Morgan fingerprint density at radius 2 is 1.36 bits per heavy atom. The molecule has 0 spiro atoms. The molecule has 0 aromatic heterocycles. The number of carbonyl (C=O) groups is 1. The summed E-state index contributed by atoms with van der Waals surface area (Å²) in [5, 5.41) is 19.6. The van der Waals surface area contributed by atoms with Gasteiger partial charge in [-0.3, -0.25) is 4.79 Å². The summed E-state index contributed by atoms with van der Waals surface area (Å²) < 4.78 is 0.585. The number of carboxylic acids is 1. The maximum absolute atomic E-state index is 11.0. The Kier molecular flexibility index (Phi) is 10.7. The predicted molar refractivity (Wildman–Crippen MR) is 91.9 cm³/mol. The van der Waals surface area contributed by atoms with Crippen LogP contribution in [-0.4, -0.2) is 54.0 Å². The Morgan fingerprint density at radius 3 is 1.77 bits per heavy atom. The topological polar surface area (TPSA) is 57.5 Å². The van der Waals surface area contributed by atoms with E-state index >= 15 is 0 Å². The average molecular weight is 317 g/mol. The van der Waals surface area contributed by atoms with Gasteiger partial charge >= 0.3 is 5.97 Å². The summed E-state index contributed by atoms with van der Waals surface area (Å²) in [7, 11) is 5.97. The molecule has 0 fully saturated rings. The number of hydrogen-bond acceptors (Lipinski definition) is 2. The van der Waals surface area contributed by atoms with E-state index in [1.165, 1.54) is 44.9 Å². The zero-order valence-electron chi connectivity index (χ0n) is 15.2. The van der Waals surface area contributed by atoms with Crippen LogP contribution >= 0.6 is 0 Å². The Balaban J connectivity index is 3.92. The molecule has 0 rings (SSSR count). The van der Waals surface area contributed by atoms with E-state index < -0.39 is 11.6 Å². The third-order valence-corrected chi connectivity index (χ3v) is 3.99. The van der Waals surface area contributed by atoms with Gasteiger partial charge in [-0.1, -0.05) is 64.7 Å². The van der Waals surface area contributed by atoms with Crippen LogP contribution < -0.4 is 0 Å². The summed E-state index contributed by atoms with van der Waals surface area (Å²) in [5.74, 6) is -0.910. The largest absolute Gasteiger partial charge is 0.481 e. The van der Waals surface area contributed by atoms with Crippen molar-refractivity contribution in [1.82, 2.24) is 0 Å². The van der Waals surface area contributed by atoms with Crippen LogP contribution in [0.5, 0.6) is 0 Å². The highest BCUT2D eigenvalue weighted by Crippen LogP contribution is 2.23. The third-order valence-electron chi connectivity index (χ3n) is 3.99. The lowest BCUT2D eigenvalue weighted by Gasteiger charge is -2.34. The van der Waals surface area contributed by atoms with Gasteiger partial charge in [0.1, 0.15) is 12.1 Å².